The molecular weight excluding hydrogens is 389 g/mol. The maximum Gasteiger partial charge on any atom is 0.317 e. The van der Waals surface area contributed by atoms with Gasteiger partial charge in [0.2, 0.25) is 0 Å². The number of rotatable bonds is 3. The van der Waals surface area contributed by atoms with E-state index in [-0.39, 0.29) is 16.8 Å². The van der Waals surface area contributed by atoms with Crippen LogP contribution in [0.4, 0.5) is 9.18 Å². The standard InChI is InChI=1S/C22H24FN3O2S/c23-19-8-4-7-18(15-19)20(27)26-13-14-29-22(26)9-11-25(12-10-22)21(28)24-16-17-5-2-1-3-6-17/h1-8,15H,9-14,16H2,(H,24,28). The molecule has 4 rings (SSSR count). The van der Waals surface area contributed by atoms with E-state index in [1.165, 1.54) is 12.1 Å². The second-order valence-corrected chi connectivity index (χ2v) is 8.85. The molecule has 2 heterocycles. The number of hydrogen-bond acceptors (Lipinski definition) is 3. The largest absolute Gasteiger partial charge is 0.334 e. The number of urea groups is 1. The first kappa shape index (κ1) is 19.8. The molecule has 0 bridgehead atoms. The molecule has 5 nitrogen and oxygen atoms in total. The molecule has 0 radical (unpaired) electrons. The van der Waals surface area contributed by atoms with Gasteiger partial charge in [0.1, 0.15) is 5.82 Å². The lowest BCUT2D eigenvalue weighted by Crippen LogP contribution is -2.55. The number of amides is 3. The van der Waals surface area contributed by atoms with E-state index in [1.54, 1.807) is 23.9 Å². The van der Waals surface area contributed by atoms with Gasteiger partial charge in [-0.25, -0.2) is 9.18 Å². The van der Waals surface area contributed by atoms with Crippen LogP contribution in [0.3, 0.4) is 0 Å². The van der Waals surface area contributed by atoms with Gasteiger partial charge in [-0.05, 0) is 36.6 Å². The highest BCUT2D eigenvalue weighted by atomic mass is 32.2. The molecule has 0 saturated carbocycles. The minimum absolute atomic E-state index is 0.0743. The number of hydrogen-bond donors (Lipinski definition) is 1. The molecule has 2 aromatic rings. The van der Waals surface area contributed by atoms with Crippen molar-refractivity contribution in [3.8, 4) is 0 Å². The van der Waals surface area contributed by atoms with Gasteiger partial charge in [0.15, 0.2) is 0 Å². The molecule has 0 unspecified atom stereocenters. The van der Waals surface area contributed by atoms with Gasteiger partial charge in [0.05, 0.1) is 4.87 Å². The van der Waals surface area contributed by atoms with E-state index in [1.807, 2.05) is 40.1 Å². The molecule has 2 aromatic carbocycles. The SMILES string of the molecule is O=C(NCc1ccccc1)N1CCC2(CC1)SCCN2C(=O)c1cccc(F)c1. The van der Waals surface area contributed by atoms with Gasteiger partial charge in [-0.2, -0.15) is 0 Å². The molecule has 7 heteroatoms. The Morgan fingerprint density at radius 1 is 1.03 bits per heavy atom. The third-order valence-electron chi connectivity index (χ3n) is 5.61. The summed E-state index contributed by atoms with van der Waals surface area (Å²) < 4.78 is 13.6. The maximum absolute atomic E-state index is 13.6. The minimum atomic E-state index is -0.401. The van der Waals surface area contributed by atoms with Crippen molar-refractivity contribution in [3.63, 3.8) is 0 Å². The van der Waals surface area contributed by atoms with Gasteiger partial charge >= 0.3 is 6.03 Å². The number of likely N-dealkylation sites (tertiary alicyclic amines) is 1. The van der Waals surface area contributed by atoms with E-state index in [2.05, 4.69) is 5.32 Å². The van der Waals surface area contributed by atoms with Crippen LogP contribution in [-0.4, -0.2) is 52.0 Å². The van der Waals surface area contributed by atoms with Gasteiger partial charge in [0.25, 0.3) is 5.91 Å². The lowest BCUT2D eigenvalue weighted by Gasteiger charge is -2.44. The molecule has 3 amide bonds. The van der Waals surface area contributed by atoms with Crippen molar-refractivity contribution >= 4 is 23.7 Å². The van der Waals surface area contributed by atoms with Crippen LogP contribution >= 0.6 is 11.8 Å². The number of thioether (sulfide) groups is 1. The van der Waals surface area contributed by atoms with Gasteiger partial charge in [0, 0.05) is 37.5 Å². The number of nitrogens with zero attached hydrogens (tertiary/aromatic N) is 2. The van der Waals surface area contributed by atoms with Crippen LogP contribution in [0.1, 0.15) is 28.8 Å². The van der Waals surface area contributed by atoms with Gasteiger partial charge in [-0.15, -0.1) is 11.8 Å². The zero-order valence-electron chi connectivity index (χ0n) is 16.1. The minimum Gasteiger partial charge on any atom is -0.334 e. The number of carbonyl (C=O) groups is 2. The van der Waals surface area contributed by atoms with E-state index in [0.29, 0.717) is 31.7 Å². The molecular formula is C22H24FN3O2S. The predicted octanol–water partition coefficient (Wildman–Crippen LogP) is 3.72. The molecule has 2 aliphatic heterocycles. The highest BCUT2D eigenvalue weighted by molar-refractivity contribution is 8.00. The second kappa shape index (κ2) is 8.45. The third-order valence-corrected chi connectivity index (χ3v) is 7.17. The summed E-state index contributed by atoms with van der Waals surface area (Å²) >= 11 is 1.78. The Hall–Kier alpha value is -2.54. The fraction of sp³-hybridized carbons (Fsp3) is 0.364. The number of carbonyl (C=O) groups excluding carboxylic acids is 2. The molecule has 152 valence electrons. The van der Waals surface area contributed by atoms with E-state index in [4.69, 9.17) is 0 Å². The predicted molar refractivity (Wildman–Crippen MR) is 112 cm³/mol. The number of nitrogens with one attached hydrogen (secondary N) is 1. The van der Waals surface area contributed by atoms with E-state index < -0.39 is 5.82 Å². The fourth-order valence-electron chi connectivity index (χ4n) is 4.03. The molecule has 2 fully saturated rings. The van der Waals surface area contributed by atoms with Gasteiger partial charge in [-0.3, -0.25) is 4.79 Å². The maximum atomic E-state index is 13.6. The Labute approximate surface area is 174 Å². The molecule has 1 N–H and O–H groups in total. The zero-order chi connectivity index (χ0) is 20.3. The average molecular weight is 414 g/mol. The summed E-state index contributed by atoms with van der Waals surface area (Å²) in [5, 5.41) is 2.97. The highest BCUT2D eigenvalue weighted by Gasteiger charge is 2.47. The first-order valence-corrected chi connectivity index (χ1v) is 10.8. The smallest absolute Gasteiger partial charge is 0.317 e. The normalized spacial score (nSPS) is 18.1. The molecule has 0 aromatic heterocycles. The molecule has 0 atom stereocenters. The summed E-state index contributed by atoms with van der Waals surface area (Å²) in [6.45, 7) is 2.35. The number of piperidine rings is 1. The monoisotopic (exact) mass is 413 g/mol. The van der Waals surface area contributed by atoms with E-state index in [0.717, 1.165) is 24.2 Å². The summed E-state index contributed by atoms with van der Waals surface area (Å²) in [5.74, 6) is 0.333. The van der Waals surface area contributed by atoms with Crippen LogP contribution in [0, 0.1) is 5.82 Å². The van der Waals surface area contributed by atoms with Crippen LogP contribution in [0.25, 0.3) is 0 Å². The van der Waals surface area contributed by atoms with Crippen LogP contribution < -0.4 is 5.32 Å². The first-order chi connectivity index (χ1) is 14.1. The molecule has 2 aliphatic rings. The van der Waals surface area contributed by atoms with E-state index >= 15 is 0 Å². The fourth-order valence-corrected chi connectivity index (χ4v) is 5.49. The van der Waals surface area contributed by atoms with Crippen LogP contribution in [-0.2, 0) is 6.54 Å². The Kier molecular flexibility index (Phi) is 5.76. The molecule has 0 aliphatic carbocycles. The van der Waals surface area contributed by atoms with Crippen LogP contribution in [0.2, 0.25) is 0 Å². The summed E-state index contributed by atoms with van der Waals surface area (Å²) in [4.78, 5) is 28.9. The summed E-state index contributed by atoms with van der Waals surface area (Å²) in [5.41, 5.74) is 1.45. The lowest BCUT2D eigenvalue weighted by atomic mass is 10.0. The van der Waals surface area contributed by atoms with Gasteiger partial charge in [-0.1, -0.05) is 36.4 Å². The number of benzene rings is 2. The summed E-state index contributed by atoms with van der Waals surface area (Å²) in [6.07, 6.45) is 1.44. The van der Waals surface area contributed by atoms with Crippen LogP contribution in [0.15, 0.2) is 54.6 Å². The van der Waals surface area contributed by atoms with Crippen molar-refractivity contribution in [1.82, 2.24) is 15.1 Å². The second-order valence-electron chi connectivity index (χ2n) is 7.39. The van der Waals surface area contributed by atoms with Crippen molar-refractivity contribution in [2.45, 2.75) is 24.3 Å². The zero-order valence-corrected chi connectivity index (χ0v) is 17.0. The van der Waals surface area contributed by atoms with Crippen molar-refractivity contribution in [3.05, 3.63) is 71.5 Å². The summed E-state index contributed by atoms with van der Waals surface area (Å²) in [6, 6.07) is 15.6. The molecule has 29 heavy (non-hydrogen) atoms. The van der Waals surface area contributed by atoms with Crippen molar-refractivity contribution in [2.24, 2.45) is 0 Å². The lowest BCUT2D eigenvalue weighted by molar-refractivity contribution is 0.0580. The number of halogens is 1. The summed E-state index contributed by atoms with van der Waals surface area (Å²) in [7, 11) is 0. The Balaban J connectivity index is 1.37. The van der Waals surface area contributed by atoms with E-state index in [9.17, 15) is 14.0 Å². The van der Waals surface area contributed by atoms with Crippen LogP contribution in [0.5, 0.6) is 0 Å². The Bertz CT molecular complexity index is 885. The third kappa shape index (κ3) is 4.24. The van der Waals surface area contributed by atoms with Crippen molar-refractivity contribution in [1.29, 1.82) is 0 Å². The topological polar surface area (TPSA) is 52.7 Å². The Morgan fingerprint density at radius 2 is 1.79 bits per heavy atom. The van der Waals surface area contributed by atoms with Crippen molar-refractivity contribution < 1.29 is 14.0 Å². The molecule has 1 spiro atoms. The van der Waals surface area contributed by atoms with Gasteiger partial charge < -0.3 is 15.1 Å². The quantitative estimate of drug-likeness (QED) is 0.835. The van der Waals surface area contributed by atoms with Crippen molar-refractivity contribution in [2.75, 3.05) is 25.4 Å². The highest BCUT2D eigenvalue weighted by Crippen LogP contribution is 2.44. The molecule has 2 saturated heterocycles. The Morgan fingerprint density at radius 3 is 2.52 bits per heavy atom. The first-order valence-electron chi connectivity index (χ1n) is 9.86. The average Bonchev–Trinajstić information content (AvgIpc) is 3.15.